The van der Waals surface area contributed by atoms with Crippen molar-refractivity contribution in [1.82, 2.24) is 0 Å². The number of carbonyl (C=O) groups is 1. The zero-order chi connectivity index (χ0) is 7.56. The molecule has 0 aromatic heterocycles. The molecule has 56 valence electrons. The van der Waals surface area contributed by atoms with Crippen LogP contribution in [0, 0.1) is 5.92 Å². The average molecular weight is 140 g/mol. The van der Waals surface area contributed by atoms with Gasteiger partial charge in [-0.25, -0.2) is 0 Å². The Labute approximate surface area is 60.9 Å². The average Bonchev–Trinajstić information content (AvgIpc) is 1.88. The summed E-state index contributed by atoms with van der Waals surface area (Å²) in [7, 11) is 0. The molecule has 0 unspecified atom stereocenters. The molecule has 0 bridgehead atoms. The van der Waals surface area contributed by atoms with Gasteiger partial charge in [0.15, 0.2) is 0 Å². The normalized spacial score (nSPS) is 25.7. The van der Waals surface area contributed by atoms with E-state index in [9.17, 15) is 4.79 Å². The number of cyclic esters (lactones) is 1. The molecule has 2 heteroatoms. The molecule has 1 atom stereocenters. The fraction of sp³-hybridized carbons (Fsp3) is 0.625. The first-order valence-corrected chi connectivity index (χ1v) is 3.51. The van der Waals surface area contributed by atoms with Gasteiger partial charge in [-0.3, -0.25) is 4.79 Å². The zero-order valence-corrected chi connectivity index (χ0v) is 6.22. The molecular weight excluding hydrogens is 128 g/mol. The summed E-state index contributed by atoms with van der Waals surface area (Å²) in [5.74, 6) is 0.278. The SMILES string of the molecule is C=C(C)[C@@H]1CCOC(=O)C1. The van der Waals surface area contributed by atoms with Crippen molar-refractivity contribution >= 4 is 5.97 Å². The molecule has 1 saturated heterocycles. The second-order valence-electron chi connectivity index (χ2n) is 2.76. The monoisotopic (exact) mass is 140 g/mol. The van der Waals surface area contributed by atoms with E-state index >= 15 is 0 Å². The van der Waals surface area contributed by atoms with Crippen LogP contribution in [-0.2, 0) is 9.53 Å². The molecule has 0 aromatic rings. The minimum atomic E-state index is -0.0840. The van der Waals surface area contributed by atoms with Crippen LogP contribution in [-0.4, -0.2) is 12.6 Å². The second kappa shape index (κ2) is 2.86. The largest absolute Gasteiger partial charge is 0.466 e. The van der Waals surface area contributed by atoms with Gasteiger partial charge >= 0.3 is 5.97 Å². The fourth-order valence-corrected chi connectivity index (χ4v) is 1.10. The van der Waals surface area contributed by atoms with Gasteiger partial charge in [0.2, 0.25) is 0 Å². The molecular formula is C8H12O2. The van der Waals surface area contributed by atoms with Gasteiger partial charge < -0.3 is 4.74 Å². The van der Waals surface area contributed by atoms with Crippen LogP contribution in [0.2, 0.25) is 0 Å². The molecule has 0 aliphatic carbocycles. The summed E-state index contributed by atoms with van der Waals surface area (Å²) in [6.07, 6.45) is 1.47. The van der Waals surface area contributed by atoms with Crippen molar-refractivity contribution < 1.29 is 9.53 Å². The van der Waals surface area contributed by atoms with Gasteiger partial charge in [0.05, 0.1) is 13.0 Å². The number of hydrogen-bond donors (Lipinski definition) is 0. The van der Waals surface area contributed by atoms with Crippen LogP contribution in [0.5, 0.6) is 0 Å². The quantitative estimate of drug-likeness (QED) is 0.407. The van der Waals surface area contributed by atoms with E-state index in [0.29, 0.717) is 18.9 Å². The molecule has 0 amide bonds. The van der Waals surface area contributed by atoms with Crippen molar-refractivity contribution in [1.29, 1.82) is 0 Å². The Morgan fingerprint density at radius 1 is 1.80 bits per heavy atom. The maximum absolute atomic E-state index is 10.7. The highest BCUT2D eigenvalue weighted by atomic mass is 16.5. The van der Waals surface area contributed by atoms with E-state index in [1.807, 2.05) is 6.92 Å². The van der Waals surface area contributed by atoms with Gasteiger partial charge in [0.25, 0.3) is 0 Å². The highest BCUT2D eigenvalue weighted by Gasteiger charge is 2.20. The van der Waals surface area contributed by atoms with Crippen LogP contribution in [0.25, 0.3) is 0 Å². The molecule has 1 rings (SSSR count). The van der Waals surface area contributed by atoms with Crippen LogP contribution in [0.4, 0.5) is 0 Å². The second-order valence-corrected chi connectivity index (χ2v) is 2.76. The van der Waals surface area contributed by atoms with E-state index in [-0.39, 0.29) is 5.97 Å². The number of allylic oxidation sites excluding steroid dienone is 1. The van der Waals surface area contributed by atoms with Gasteiger partial charge in [0.1, 0.15) is 0 Å². The molecule has 0 N–H and O–H groups in total. The smallest absolute Gasteiger partial charge is 0.306 e. The van der Waals surface area contributed by atoms with E-state index < -0.39 is 0 Å². The Morgan fingerprint density at radius 2 is 2.50 bits per heavy atom. The van der Waals surface area contributed by atoms with Crippen molar-refractivity contribution in [3.63, 3.8) is 0 Å². The molecule has 10 heavy (non-hydrogen) atoms. The summed E-state index contributed by atoms with van der Waals surface area (Å²) in [6.45, 7) is 6.33. The highest BCUT2D eigenvalue weighted by Crippen LogP contribution is 2.21. The molecule has 1 fully saturated rings. The van der Waals surface area contributed by atoms with Crippen LogP contribution in [0.15, 0.2) is 12.2 Å². The molecule has 1 heterocycles. The van der Waals surface area contributed by atoms with E-state index in [4.69, 9.17) is 4.74 Å². The van der Waals surface area contributed by atoms with Gasteiger partial charge in [-0.15, -0.1) is 0 Å². The molecule has 1 aliphatic rings. The summed E-state index contributed by atoms with van der Waals surface area (Å²) in [6, 6.07) is 0. The first-order chi connectivity index (χ1) is 4.70. The third-order valence-corrected chi connectivity index (χ3v) is 1.84. The Morgan fingerprint density at radius 3 is 2.90 bits per heavy atom. The molecule has 2 nitrogen and oxygen atoms in total. The number of ether oxygens (including phenoxy) is 1. The van der Waals surface area contributed by atoms with E-state index in [2.05, 4.69) is 6.58 Å². The first-order valence-electron chi connectivity index (χ1n) is 3.51. The number of esters is 1. The third-order valence-electron chi connectivity index (χ3n) is 1.84. The minimum absolute atomic E-state index is 0.0840. The maximum Gasteiger partial charge on any atom is 0.306 e. The topological polar surface area (TPSA) is 26.3 Å². The van der Waals surface area contributed by atoms with E-state index in [1.54, 1.807) is 0 Å². The number of hydrogen-bond acceptors (Lipinski definition) is 2. The van der Waals surface area contributed by atoms with Crippen molar-refractivity contribution in [2.24, 2.45) is 5.92 Å². The molecule has 1 aliphatic heterocycles. The van der Waals surface area contributed by atoms with Crippen LogP contribution in [0.3, 0.4) is 0 Å². The Kier molecular flexibility index (Phi) is 2.10. The van der Waals surface area contributed by atoms with E-state index in [0.717, 1.165) is 12.0 Å². The van der Waals surface area contributed by atoms with Gasteiger partial charge in [-0.05, 0) is 19.3 Å². The van der Waals surface area contributed by atoms with Crippen molar-refractivity contribution in [3.8, 4) is 0 Å². The molecule has 0 aromatic carbocycles. The third kappa shape index (κ3) is 1.59. The molecule has 0 saturated carbocycles. The Hall–Kier alpha value is -0.790. The number of carbonyl (C=O) groups excluding carboxylic acids is 1. The van der Waals surface area contributed by atoms with Crippen LogP contribution >= 0.6 is 0 Å². The standard InChI is InChI=1S/C8H12O2/c1-6(2)7-3-4-10-8(9)5-7/h7H,1,3-5H2,2H3/t7-/m1/s1. The lowest BCUT2D eigenvalue weighted by atomic mass is 9.93. The fourth-order valence-electron chi connectivity index (χ4n) is 1.10. The predicted octanol–water partition coefficient (Wildman–Crippen LogP) is 1.52. The van der Waals surface area contributed by atoms with Crippen LogP contribution in [0.1, 0.15) is 19.8 Å². The van der Waals surface area contributed by atoms with Crippen molar-refractivity contribution in [2.45, 2.75) is 19.8 Å². The lowest BCUT2D eigenvalue weighted by Gasteiger charge is -2.20. The summed E-state index contributed by atoms with van der Waals surface area (Å²) >= 11 is 0. The highest BCUT2D eigenvalue weighted by molar-refractivity contribution is 5.70. The van der Waals surface area contributed by atoms with Crippen molar-refractivity contribution in [2.75, 3.05) is 6.61 Å². The molecule has 0 spiro atoms. The van der Waals surface area contributed by atoms with Gasteiger partial charge in [-0.1, -0.05) is 12.2 Å². The lowest BCUT2D eigenvalue weighted by molar-refractivity contribution is -0.148. The summed E-state index contributed by atoms with van der Waals surface area (Å²) in [5, 5.41) is 0. The van der Waals surface area contributed by atoms with Gasteiger partial charge in [0, 0.05) is 0 Å². The summed E-state index contributed by atoms with van der Waals surface area (Å²) < 4.78 is 4.78. The number of rotatable bonds is 1. The summed E-state index contributed by atoms with van der Waals surface area (Å²) in [4.78, 5) is 10.7. The lowest BCUT2D eigenvalue weighted by Crippen LogP contribution is -2.21. The molecule has 0 radical (unpaired) electrons. The Bertz CT molecular complexity index is 159. The minimum Gasteiger partial charge on any atom is -0.466 e. The zero-order valence-electron chi connectivity index (χ0n) is 6.22. The van der Waals surface area contributed by atoms with Crippen LogP contribution < -0.4 is 0 Å². The van der Waals surface area contributed by atoms with Gasteiger partial charge in [-0.2, -0.15) is 0 Å². The Balaban J connectivity index is 2.47. The summed E-state index contributed by atoms with van der Waals surface area (Å²) in [5.41, 5.74) is 1.09. The van der Waals surface area contributed by atoms with E-state index in [1.165, 1.54) is 0 Å². The van der Waals surface area contributed by atoms with Crippen molar-refractivity contribution in [3.05, 3.63) is 12.2 Å². The first kappa shape index (κ1) is 7.32. The maximum atomic E-state index is 10.7. The predicted molar refractivity (Wildman–Crippen MR) is 38.5 cm³/mol.